The van der Waals surface area contributed by atoms with Gasteiger partial charge in [-0.1, -0.05) is 10.1 Å². The topological polar surface area (TPSA) is 249 Å². The quantitative estimate of drug-likeness (QED) is 0.0967. The van der Waals surface area contributed by atoms with E-state index in [1.54, 1.807) is 27.7 Å². The van der Waals surface area contributed by atoms with Gasteiger partial charge in [-0.15, -0.1) is 10.2 Å². The molecule has 5 atom stereocenters. The smallest absolute Gasteiger partial charge is 0.361 e. The van der Waals surface area contributed by atoms with Crippen LogP contribution in [0, 0.1) is 0 Å². The van der Waals surface area contributed by atoms with Gasteiger partial charge in [0.2, 0.25) is 11.5 Å². The van der Waals surface area contributed by atoms with Crippen LogP contribution in [0.4, 0.5) is 0 Å². The van der Waals surface area contributed by atoms with Crippen LogP contribution in [0.15, 0.2) is 4.79 Å². The van der Waals surface area contributed by atoms with Gasteiger partial charge in [0, 0.05) is 12.1 Å². The number of esters is 1. The van der Waals surface area contributed by atoms with Crippen LogP contribution < -0.4 is 15.7 Å². The summed E-state index contributed by atoms with van der Waals surface area (Å²) in [5.74, 6) is -4.40. The Bertz CT molecular complexity index is 1300. The van der Waals surface area contributed by atoms with Crippen molar-refractivity contribution in [3.05, 3.63) is 16.0 Å². The molecule has 1 aliphatic heterocycles. The fourth-order valence-electron chi connectivity index (χ4n) is 3.95. The minimum absolute atomic E-state index is 0.00812. The normalized spacial score (nSPS) is 22.6. The number of nitrogens with zero attached hydrogens (tertiary/aromatic N) is 5. The van der Waals surface area contributed by atoms with Crippen LogP contribution in [0.5, 0.6) is 0 Å². The number of carboxylic acid groups (broad SMARTS) is 1. The number of aliphatic hydroxyl groups is 2. The molecule has 1 fully saturated rings. The predicted molar refractivity (Wildman–Crippen MR) is 130 cm³/mol. The molecule has 3 rings (SSSR count). The largest absolute Gasteiger partial charge is 0.479 e. The third-order valence-corrected chi connectivity index (χ3v) is 8.23. The highest BCUT2D eigenvalue weighted by molar-refractivity contribution is 7.61. The van der Waals surface area contributed by atoms with Crippen LogP contribution in [0.3, 0.4) is 0 Å². The monoisotopic (exact) mass is 577 g/mol. The van der Waals surface area contributed by atoms with E-state index < -0.39 is 73.1 Å². The lowest BCUT2D eigenvalue weighted by molar-refractivity contribution is -0.148. The molecule has 2 aromatic rings. The van der Waals surface area contributed by atoms with E-state index in [1.807, 2.05) is 0 Å². The van der Waals surface area contributed by atoms with Crippen LogP contribution in [0.2, 0.25) is 0 Å². The molecule has 1 aliphatic rings. The standard InChI is InChI=1S/C20H32N7O11P/c1-6-36-19(33)12-11-13(27(34)22-12)16(30)26(25-21-11)17-15(29)14(28)10(38-17)7-37-20(18(31)32)39(35,23-8(2)3)24-9(4)5/h8-10,14-15,17,20,28-29,34H,6-7H2,1-5H3,(H,31,32)(H2,23,24,35). The van der Waals surface area contributed by atoms with Gasteiger partial charge in [0.15, 0.2) is 17.3 Å². The molecule has 0 saturated carbocycles. The summed E-state index contributed by atoms with van der Waals surface area (Å²) in [5.41, 5.74) is -2.51. The summed E-state index contributed by atoms with van der Waals surface area (Å²) in [6, 6.07) is -0.756. The van der Waals surface area contributed by atoms with Crippen LogP contribution in [0.25, 0.3) is 11.0 Å². The lowest BCUT2D eigenvalue weighted by Gasteiger charge is -2.30. The SMILES string of the molecule is CCOC(=O)c1nn(O)c2c(=O)n(C3OC(COC(C(=O)O)P(=O)(NC(C)C)NC(C)C)C(O)C3O)nnc12. The molecule has 0 bridgehead atoms. The Kier molecular flexibility index (Phi) is 9.43. The van der Waals surface area contributed by atoms with Gasteiger partial charge in [-0.2, -0.15) is 4.68 Å². The molecular weight excluding hydrogens is 545 g/mol. The lowest BCUT2D eigenvalue weighted by Crippen LogP contribution is -2.43. The minimum atomic E-state index is -3.89. The molecule has 5 unspecified atom stereocenters. The summed E-state index contributed by atoms with van der Waals surface area (Å²) in [4.78, 5) is 37.2. The second-order valence-corrected chi connectivity index (χ2v) is 11.6. The Morgan fingerprint density at radius 1 is 1.15 bits per heavy atom. The number of fused-ring (bicyclic) bond motifs is 1. The van der Waals surface area contributed by atoms with Gasteiger partial charge in [0.05, 0.1) is 13.2 Å². The summed E-state index contributed by atoms with van der Waals surface area (Å²) >= 11 is 0. The van der Waals surface area contributed by atoms with Gasteiger partial charge in [-0.3, -0.25) is 9.36 Å². The summed E-state index contributed by atoms with van der Waals surface area (Å²) in [7, 11) is -3.89. The number of hydrogen-bond donors (Lipinski definition) is 6. The van der Waals surface area contributed by atoms with Gasteiger partial charge in [0.25, 0.3) is 7.44 Å². The Morgan fingerprint density at radius 2 is 1.77 bits per heavy atom. The van der Waals surface area contributed by atoms with Crippen molar-refractivity contribution in [2.45, 2.75) is 77.1 Å². The van der Waals surface area contributed by atoms with Crippen molar-refractivity contribution < 1.29 is 48.9 Å². The van der Waals surface area contributed by atoms with E-state index in [9.17, 15) is 39.5 Å². The molecule has 39 heavy (non-hydrogen) atoms. The molecule has 19 heteroatoms. The van der Waals surface area contributed by atoms with E-state index >= 15 is 0 Å². The molecule has 0 aromatic carbocycles. The number of nitrogens with one attached hydrogen (secondary N) is 2. The molecule has 218 valence electrons. The fourth-order valence-corrected chi connectivity index (χ4v) is 6.44. The second-order valence-electron chi connectivity index (χ2n) is 9.29. The highest BCUT2D eigenvalue weighted by atomic mass is 31.2. The van der Waals surface area contributed by atoms with E-state index in [0.29, 0.717) is 4.68 Å². The van der Waals surface area contributed by atoms with Crippen LogP contribution in [0.1, 0.15) is 51.3 Å². The number of carboxylic acids is 1. The zero-order valence-electron chi connectivity index (χ0n) is 21.8. The number of rotatable bonds is 12. The summed E-state index contributed by atoms with van der Waals surface area (Å²) in [6.45, 7) is 7.56. The van der Waals surface area contributed by atoms with E-state index in [4.69, 9.17) is 14.2 Å². The first kappa shape index (κ1) is 30.6. The molecule has 0 amide bonds. The predicted octanol–water partition coefficient (Wildman–Crippen LogP) is -1.36. The number of carbonyl (C=O) groups excluding carboxylic acids is 1. The van der Waals surface area contributed by atoms with Gasteiger partial charge in [0.1, 0.15) is 18.3 Å². The Hall–Kier alpha value is -2.99. The summed E-state index contributed by atoms with van der Waals surface area (Å²) < 4.78 is 29.8. The second kappa shape index (κ2) is 12.0. The number of carbonyl (C=O) groups is 2. The van der Waals surface area contributed by atoms with E-state index in [0.717, 1.165) is 0 Å². The van der Waals surface area contributed by atoms with Crippen molar-refractivity contribution in [1.82, 2.24) is 35.1 Å². The molecule has 18 nitrogen and oxygen atoms in total. The Balaban J connectivity index is 1.86. The van der Waals surface area contributed by atoms with E-state index in [2.05, 4.69) is 25.6 Å². The van der Waals surface area contributed by atoms with Crippen molar-refractivity contribution >= 4 is 30.4 Å². The van der Waals surface area contributed by atoms with E-state index in [-0.39, 0.29) is 29.1 Å². The molecular formula is C20H32N7O11P. The number of hydrogen-bond acceptors (Lipinski definition) is 13. The number of ether oxygens (including phenoxy) is 3. The first-order valence-electron chi connectivity index (χ1n) is 12.0. The minimum Gasteiger partial charge on any atom is -0.479 e. The molecule has 0 spiro atoms. The maximum absolute atomic E-state index is 13.5. The third-order valence-electron chi connectivity index (χ3n) is 5.40. The Morgan fingerprint density at radius 3 is 2.31 bits per heavy atom. The maximum atomic E-state index is 13.5. The number of aliphatic hydroxyl groups excluding tert-OH is 2. The summed E-state index contributed by atoms with van der Waals surface area (Å²) in [6.07, 6.45) is -6.52. The van der Waals surface area contributed by atoms with Crippen molar-refractivity contribution in [3.63, 3.8) is 0 Å². The highest BCUT2D eigenvalue weighted by Gasteiger charge is 2.48. The molecule has 3 heterocycles. The maximum Gasteiger partial charge on any atom is 0.361 e. The third kappa shape index (κ3) is 6.27. The molecule has 6 N–H and O–H groups in total. The zero-order chi connectivity index (χ0) is 29.2. The molecule has 2 aromatic heterocycles. The summed E-state index contributed by atoms with van der Waals surface area (Å²) in [5, 5.41) is 57.2. The fraction of sp³-hybridized carbons (Fsp3) is 0.700. The van der Waals surface area contributed by atoms with Crippen LogP contribution in [-0.4, -0.2) is 107 Å². The average Bonchev–Trinajstić information content (AvgIpc) is 3.30. The van der Waals surface area contributed by atoms with Crippen LogP contribution >= 0.6 is 7.44 Å². The first-order valence-corrected chi connectivity index (χ1v) is 13.7. The average molecular weight is 577 g/mol. The van der Waals surface area contributed by atoms with Crippen molar-refractivity contribution in [2.24, 2.45) is 0 Å². The van der Waals surface area contributed by atoms with Gasteiger partial charge in [-0.05, 0) is 34.6 Å². The van der Waals surface area contributed by atoms with Crippen LogP contribution in [-0.2, 0) is 23.6 Å². The van der Waals surface area contributed by atoms with Gasteiger partial charge < -0.3 is 34.7 Å². The van der Waals surface area contributed by atoms with Crippen molar-refractivity contribution in [1.29, 1.82) is 0 Å². The highest BCUT2D eigenvalue weighted by Crippen LogP contribution is 2.44. The number of aliphatic carboxylic acids is 1. The first-order chi connectivity index (χ1) is 18.2. The van der Waals surface area contributed by atoms with Gasteiger partial charge >= 0.3 is 17.5 Å². The van der Waals surface area contributed by atoms with Gasteiger partial charge in [-0.25, -0.2) is 19.8 Å². The lowest BCUT2D eigenvalue weighted by atomic mass is 10.1. The Labute approximate surface area is 221 Å². The van der Waals surface area contributed by atoms with E-state index in [1.165, 1.54) is 6.92 Å². The van der Waals surface area contributed by atoms with Crippen molar-refractivity contribution in [3.8, 4) is 0 Å². The molecule has 0 radical (unpaired) electrons. The van der Waals surface area contributed by atoms with Crippen molar-refractivity contribution in [2.75, 3.05) is 13.2 Å². The molecule has 1 saturated heterocycles. The number of aromatic nitrogens is 5. The molecule has 0 aliphatic carbocycles. The zero-order valence-corrected chi connectivity index (χ0v) is 22.7.